The van der Waals surface area contributed by atoms with Crippen molar-refractivity contribution in [1.29, 1.82) is 0 Å². The molecule has 0 nitrogen and oxygen atoms in total. The third-order valence-electron chi connectivity index (χ3n) is 3.26. The molecule has 2 saturated carbocycles. The summed E-state index contributed by atoms with van der Waals surface area (Å²) < 4.78 is 0. The Morgan fingerprint density at radius 3 is 2.38 bits per heavy atom. The highest BCUT2D eigenvalue weighted by molar-refractivity contribution is 5.06. The summed E-state index contributed by atoms with van der Waals surface area (Å²) in [6, 6.07) is 0. The molecule has 0 aromatic heterocycles. The van der Waals surface area contributed by atoms with Crippen molar-refractivity contribution >= 4 is 0 Å². The van der Waals surface area contributed by atoms with Gasteiger partial charge in [-0.25, -0.2) is 0 Å². The Bertz CT molecular complexity index is 107. The topological polar surface area (TPSA) is 0 Å². The molecule has 0 aromatic carbocycles. The van der Waals surface area contributed by atoms with Crippen LogP contribution in [0.25, 0.3) is 0 Å². The van der Waals surface area contributed by atoms with Crippen LogP contribution in [-0.2, 0) is 0 Å². The van der Waals surface area contributed by atoms with E-state index in [9.17, 15) is 0 Å². The van der Waals surface area contributed by atoms with Crippen molar-refractivity contribution in [2.45, 2.75) is 26.7 Å². The first kappa shape index (κ1) is 4.84. The summed E-state index contributed by atoms with van der Waals surface area (Å²) in [5.74, 6) is 4.58. The molecule has 0 aliphatic heterocycles. The molecule has 8 heavy (non-hydrogen) atoms. The molecule has 4 atom stereocenters. The van der Waals surface area contributed by atoms with Crippen LogP contribution < -0.4 is 0 Å². The Morgan fingerprint density at radius 2 is 2.12 bits per heavy atom. The lowest BCUT2D eigenvalue weighted by Crippen LogP contribution is -2.26. The SMILES string of the molecule is CCC1C(C)C2CC12. The molecule has 0 saturated heterocycles. The van der Waals surface area contributed by atoms with E-state index >= 15 is 0 Å². The number of fused-ring (bicyclic) bond motifs is 1. The molecule has 0 heteroatoms. The molecule has 0 spiro atoms. The van der Waals surface area contributed by atoms with Crippen LogP contribution in [0.1, 0.15) is 26.7 Å². The first-order valence-corrected chi connectivity index (χ1v) is 3.84. The molecule has 0 radical (unpaired) electrons. The molecule has 2 fully saturated rings. The van der Waals surface area contributed by atoms with Crippen LogP contribution >= 0.6 is 0 Å². The van der Waals surface area contributed by atoms with Gasteiger partial charge >= 0.3 is 0 Å². The molecule has 0 aromatic rings. The third kappa shape index (κ3) is 0.375. The van der Waals surface area contributed by atoms with E-state index in [4.69, 9.17) is 0 Å². The van der Waals surface area contributed by atoms with E-state index in [0.717, 1.165) is 11.8 Å². The van der Waals surface area contributed by atoms with E-state index < -0.39 is 0 Å². The van der Waals surface area contributed by atoms with Crippen LogP contribution in [-0.4, -0.2) is 0 Å². The van der Waals surface area contributed by atoms with Gasteiger partial charge in [0.15, 0.2) is 0 Å². The zero-order valence-corrected chi connectivity index (χ0v) is 5.72. The van der Waals surface area contributed by atoms with Crippen molar-refractivity contribution in [3.8, 4) is 0 Å². The molecule has 2 aliphatic rings. The normalized spacial score (nSPS) is 59.2. The predicted octanol–water partition coefficient (Wildman–Crippen LogP) is 2.30. The zero-order chi connectivity index (χ0) is 5.72. The predicted molar refractivity (Wildman–Crippen MR) is 34.5 cm³/mol. The first-order valence-electron chi connectivity index (χ1n) is 3.84. The Balaban J connectivity index is 1.98. The molecule has 4 unspecified atom stereocenters. The fourth-order valence-electron chi connectivity index (χ4n) is 2.57. The van der Waals surface area contributed by atoms with Gasteiger partial charge < -0.3 is 0 Å². The lowest BCUT2D eigenvalue weighted by atomic mass is 9.74. The summed E-state index contributed by atoms with van der Waals surface area (Å²) in [4.78, 5) is 0. The lowest BCUT2D eigenvalue weighted by molar-refractivity contribution is 0.168. The van der Waals surface area contributed by atoms with Gasteiger partial charge in [0.05, 0.1) is 0 Å². The Kier molecular flexibility index (Phi) is 0.778. The smallest absolute Gasteiger partial charge is 0.0349 e. The van der Waals surface area contributed by atoms with Gasteiger partial charge in [-0.05, 0) is 30.1 Å². The molecular weight excluding hydrogens is 96.1 g/mol. The van der Waals surface area contributed by atoms with Crippen LogP contribution in [0, 0.1) is 23.7 Å². The van der Waals surface area contributed by atoms with Crippen molar-refractivity contribution in [3.63, 3.8) is 0 Å². The van der Waals surface area contributed by atoms with Crippen LogP contribution in [0.2, 0.25) is 0 Å². The fourth-order valence-corrected chi connectivity index (χ4v) is 2.57. The van der Waals surface area contributed by atoms with Gasteiger partial charge in [-0.2, -0.15) is 0 Å². The quantitative estimate of drug-likeness (QED) is 0.486. The van der Waals surface area contributed by atoms with E-state index in [2.05, 4.69) is 13.8 Å². The molecule has 2 aliphatic carbocycles. The minimum absolute atomic E-state index is 1.09. The summed E-state index contributed by atoms with van der Waals surface area (Å²) in [5.41, 5.74) is 0. The summed E-state index contributed by atoms with van der Waals surface area (Å²) >= 11 is 0. The molecule has 0 N–H and O–H groups in total. The highest BCUT2D eigenvalue weighted by atomic mass is 14.6. The van der Waals surface area contributed by atoms with E-state index in [1.807, 2.05) is 0 Å². The maximum absolute atomic E-state index is 2.42. The number of hydrogen-bond donors (Lipinski definition) is 0. The van der Waals surface area contributed by atoms with Gasteiger partial charge in [0.2, 0.25) is 0 Å². The van der Waals surface area contributed by atoms with Crippen molar-refractivity contribution in [2.75, 3.05) is 0 Å². The van der Waals surface area contributed by atoms with E-state index in [1.165, 1.54) is 18.3 Å². The minimum Gasteiger partial charge on any atom is -0.0651 e. The fraction of sp³-hybridized carbons (Fsp3) is 1.00. The van der Waals surface area contributed by atoms with E-state index in [-0.39, 0.29) is 0 Å². The molecule has 46 valence electrons. The first-order chi connectivity index (χ1) is 3.84. The molecule has 0 heterocycles. The number of hydrogen-bond acceptors (Lipinski definition) is 0. The van der Waals surface area contributed by atoms with Gasteiger partial charge in [0.1, 0.15) is 0 Å². The highest BCUT2D eigenvalue weighted by Gasteiger charge is 2.57. The van der Waals surface area contributed by atoms with E-state index in [1.54, 1.807) is 6.42 Å². The zero-order valence-electron chi connectivity index (χ0n) is 5.72. The second-order valence-electron chi connectivity index (χ2n) is 3.49. The van der Waals surface area contributed by atoms with Gasteiger partial charge in [0.25, 0.3) is 0 Å². The Labute approximate surface area is 51.3 Å². The Hall–Kier alpha value is 0. The third-order valence-corrected chi connectivity index (χ3v) is 3.26. The maximum Gasteiger partial charge on any atom is -0.0349 e. The molecular formula is C8H14. The van der Waals surface area contributed by atoms with Gasteiger partial charge in [-0.1, -0.05) is 20.3 Å². The lowest BCUT2D eigenvalue weighted by Gasteiger charge is -2.31. The largest absolute Gasteiger partial charge is 0.0651 e. The maximum atomic E-state index is 2.42. The average molecular weight is 110 g/mol. The molecule has 2 rings (SSSR count). The van der Waals surface area contributed by atoms with Crippen molar-refractivity contribution in [1.82, 2.24) is 0 Å². The van der Waals surface area contributed by atoms with Crippen molar-refractivity contribution in [3.05, 3.63) is 0 Å². The van der Waals surface area contributed by atoms with Gasteiger partial charge in [-0.3, -0.25) is 0 Å². The second kappa shape index (κ2) is 1.29. The minimum atomic E-state index is 1.09. The monoisotopic (exact) mass is 110 g/mol. The van der Waals surface area contributed by atoms with Crippen molar-refractivity contribution in [2.24, 2.45) is 23.7 Å². The van der Waals surface area contributed by atoms with Crippen LogP contribution in [0.4, 0.5) is 0 Å². The summed E-state index contributed by atoms with van der Waals surface area (Å²) in [7, 11) is 0. The van der Waals surface area contributed by atoms with Crippen molar-refractivity contribution < 1.29 is 0 Å². The highest BCUT2D eigenvalue weighted by Crippen LogP contribution is 2.64. The van der Waals surface area contributed by atoms with E-state index in [0.29, 0.717) is 0 Å². The van der Waals surface area contributed by atoms with Crippen LogP contribution in [0.5, 0.6) is 0 Å². The summed E-state index contributed by atoms with van der Waals surface area (Å²) in [6.07, 6.45) is 3.00. The van der Waals surface area contributed by atoms with Gasteiger partial charge in [-0.15, -0.1) is 0 Å². The summed E-state index contributed by atoms with van der Waals surface area (Å²) in [5, 5.41) is 0. The molecule has 0 bridgehead atoms. The Morgan fingerprint density at radius 1 is 1.38 bits per heavy atom. The summed E-state index contributed by atoms with van der Waals surface area (Å²) in [6.45, 7) is 4.75. The van der Waals surface area contributed by atoms with Crippen LogP contribution in [0.3, 0.4) is 0 Å². The standard InChI is InChI=1S/C8H14/c1-3-6-5(2)7-4-8(6)7/h5-8H,3-4H2,1-2H3. The number of rotatable bonds is 1. The average Bonchev–Trinajstić information content (AvgIpc) is 2.44. The molecule has 0 amide bonds. The second-order valence-corrected chi connectivity index (χ2v) is 3.49. The van der Waals surface area contributed by atoms with Crippen LogP contribution in [0.15, 0.2) is 0 Å². The van der Waals surface area contributed by atoms with Gasteiger partial charge in [0, 0.05) is 0 Å².